The highest BCUT2D eigenvalue weighted by atomic mass is 16.5. The van der Waals surface area contributed by atoms with Gasteiger partial charge in [-0.1, -0.05) is 24.3 Å². The summed E-state index contributed by atoms with van der Waals surface area (Å²) in [5.74, 6) is -2.17. The van der Waals surface area contributed by atoms with Gasteiger partial charge >= 0.3 is 5.97 Å². The molecule has 1 aromatic heterocycles. The second kappa shape index (κ2) is 7.49. The number of carbonyl (C=O) groups excluding carboxylic acids is 1. The van der Waals surface area contributed by atoms with E-state index in [1.807, 2.05) is 12.1 Å². The fraction of sp³-hybridized carbons (Fsp3) is 0.333. The van der Waals surface area contributed by atoms with E-state index >= 15 is 0 Å². The summed E-state index contributed by atoms with van der Waals surface area (Å²) in [6, 6.07) is 9.85. The summed E-state index contributed by atoms with van der Waals surface area (Å²) >= 11 is 0. The molecule has 136 valence electrons. The molecular formula is C18H19N3O5. The van der Waals surface area contributed by atoms with Crippen LogP contribution in [0.2, 0.25) is 0 Å². The predicted molar refractivity (Wildman–Crippen MR) is 91.9 cm³/mol. The highest BCUT2D eigenvalue weighted by molar-refractivity contribution is 5.93. The maximum atomic E-state index is 12.8. The molecule has 0 radical (unpaired) electrons. The summed E-state index contributed by atoms with van der Waals surface area (Å²) in [6.07, 6.45) is 0. The SMILES string of the molecule is COCCn1nc(C(=O)N2Cc3ccccc3C(C(=O)O)C2)ccc1=O. The van der Waals surface area contributed by atoms with Crippen molar-refractivity contribution in [1.82, 2.24) is 14.7 Å². The maximum Gasteiger partial charge on any atom is 0.312 e. The molecule has 0 aliphatic carbocycles. The zero-order chi connectivity index (χ0) is 18.7. The van der Waals surface area contributed by atoms with Crippen molar-refractivity contribution in [1.29, 1.82) is 0 Å². The average molecular weight is 357 g/mol. The van der Waals surface area contributed by atoms with E-state index in [0.717, 1.165) is 11.1 Å². The molecule has 0 fully saturated rings. The van der Waals surface area contributed by atoms with Gasteiger partial charge in [-0.2, -0.15) is 5.10 Å². The summed E-state index contributed by atoms with van der Waals surface area (Å²) in [4.78, 5) is 37.7. The van der Waals surface area contributed by atoms with Gasteiger partial charge in [0.15, 0.2) is 0 Å². The van der Waals surface area contributed by atoms with Gasteiger partial charge in [0, 0.05) is 26.3 Å². The Kier molecular flexibility index (Phi) is 5.13. The van der Waals surface area contributed by atoms with E-state index < -0.39 is 17.8 Å². The van der Waals surface area contributed by atoms with Gasteiger partial charge in [0.25, 0.3) is 11.5 Å². The molecule has 1 N–H and O–H groups in total. The number of ether oxygens (including phenoxy) is 1. The molecule has 0 bridgehead atoms. The normalized spacial score (nSPS) is 16.2. The monoisotopic (exact) mass is 357 g/mol. The van der Waals surface area contributed by atoms with Gasteiger partial charge in [0.05, 0.1) is 19.1 Å². The smallest absolute Gasteiger partial charge is 0.312 e. The van der Waals surface area contributed by atoms with Crippen LogP contribution in [0.4, 0.5) is 0 Å². The van der Waals surface area contributed by atoms with Crippen LogP contribution in [0.15, 0.2) is 41.2 Å². The summed E-state index contributed by atoms with van der Waals surface area (Å²) < 4.78 is 6.11. The number of carbonyl (C=O) groups is 2. The molecule has 3 rings (SSSR count). The molecule has 8 nitrogen and oxygen atoms in total. The number of carboxylic acid groups (broad SMARTS) is 1. The van der Waals surface area contributed by atoms with E-state index in [9.17, 15) is 19.5 Å². The van der Waals surface area contributed by atoms with Gasteiger partial charge in [-0.05, 0) is 17.2 Å². The summed E-state index contributed by atoms with van der Waals surface area (Å²) in [6.45, 7) is 0.890. The lowest BCUT2D eigenvalue weighted by molar-refractivity contribution is -0.139. The minimum absolute atomic E-state index is 0.0596. The lowest BCUT2D eigenvalue weighted by Crippen LogP contribution is -2.41. The first-order valence-electron chi connectivity index (χ1n) is 8.18. The van der Waals surface area contributed by atoms with Crippen LogP contribution in [0.3, 0.4) is 0 Å². The number of rotatable bonds is 5. The second-order valence-corrected chi connectivity index (χ2v) is 6.05. The number of benzene rings is 1. The van der Waals surface area contributed by atoms with Gasteiger partial charge in [0.2, 0.25) is 0 Å². The van der Waals surface area contributed by atoms with Crippen molar-refractivity contribution in [3.05, 3.63) is 63.6 Å². The number of fused-ring (bicyclic) bond motifs is 1. The van der Waals surface area contributed by atoms with Gasteiger partial charge < -0.3 is 14.7 Å². The average Bonchev–Trinajstić information content (AvgIpc) is 2.65. The third-order valence-electron chi connectivity index (χ3n) is 4.37. The van der Waals surface area contributed by atoms with Crippen LogP contribution in [0.1, 0.15) is 27.5 Å². The van der Waals surface area contributed by atoms with Gasteiger partial charge in [-0.25, -0.2) is 4.68 Å². The Labute approximate surface area is 149 Å². The highest BCUT2D eigenvalue weighted by Gasteiger charge is 2.33. The molecule has 0 saturated heterocycles. The van der Waals surface area contributed by atoms with E-state index in [2.05, 4.69) is 5.10 Å². The molecule has 1 aromatic carbocycles. The Balaban J connectivity index is 1.89. The van der Waals surface area contributed by atoms with Crippen LogP contribution in [-0.2, 0) is 22.6 Å². The molecular weight excluding hydrogens is 338 g/mol. The molecule has 1 amide bonds. The number of aliphatic carboxylic acids is 1. The number of amides is 1. The van der Waals surface area contributed by atoms with Crippen molar-refractivity contribution in [2.75, 3.05) is 20.3 Å². The predicted octanol–water partition coefficient (Wildman–Crippen LogP) is 0.714. The minimum atomic E-state index is -0.979. The molecule has 2 aromatic rings. The van der Waals surface area contributed by atoms with Crippen LogP contribution >= 0.6 is 0 Å². The Bertz CT molecular complexity index is 892. The molecule has 8 heteroatoms. The topological polar surface area (TPSA) is 102 Å². The molecule has 2 heterocycles. The quantitative estimate of drug-likeness (QED) is 0.846. The largest absolute Gasteiger partial charge is 0.481 e. The van der Waals surface area contributed by atoms with E-state index in [0.29, 0.717) is 13.2 Å². The van der Waals surface area contributed by atoms with Crippen molar-refractivity contribution in [3.63, 3.8) is 0 Å². The molecule has 0 spiro atoms. The highest BCUT2D eigenvalue weighted by Crippen LogP contribution is 2.29. The van der Waals surface area contributed by atoms with Crippen LogP contribution in [0.25, 0.3) is 0 Å². The number of methoxy groups -OCH3 is 1. The number of aromatic nitrogens is 2. The Morgan fingerprint density at radius 2 is 2.04 bits per heavy atom. The van der Waals surface area contributed by atoms with Crippen molar-refractivity contribution >= 4 is 11.9 Å². The van der Waals surface area contributed by atoms with Crippen molar-refractivity contribution in [2.45, 2.75) is 19.0 Å². The lowest BCUT2D eigenvalue weighted by atomic mass is 9.89. The van der Waals surface area contributed by atoms with Gasteiger partial charge in [-0.3, -0.25) is 14.4 Å². The number of hydrogen-bond acceptors (Lipinski definition) is 5. The summed E-state index contributed by atoms with van der Waals surface area (Å²) in [5, 5.41) is 13.6. The number of hydrogen-bond donors (Lipinski definition) is 1. The molecule has 1 aliphatic heterocycles. The van der Waals surface area contributed by atoms with E-state index in [-0.39, 0.29) is 24.3 Å². The first-order valence-corrected chi connectivity index (χ1v) is 8.18. The Morgan fingerprint density at radius 3 is 2.77 bits per heavy atom. The Hall–Kier alpha value is -3.00. The van der Waals surface area contributed by atoms with Gasteiger partial charge in [0.1, 0.15) is 5.69 Å². The zero-order valence-corrected chi connectivity index (χ0v) is 14.3. The van der Waals surface area contributed by atoms with Crippen molar-refractivity contribution in [2.24, 2.45) is 0 Å². The maximum absolute atomic E-state index is 12.8. The lowest BCUT2D eigenvalue weighted by Gasteiger charge is -2.32. The van der Waals surface area contributed by atoms with E-state index in [4.69, 9.17) is 4.74 Å². The standard InChI is InChI=1S/C18H19N3O5/c1-26-9-8-21-16(22)7-6-15(19-21)17(23)20-10-12-4-2-3-5-13(12)14(11-20)18(24)25/h2-7,14H,8-11H2,1H3,(H,24,25). The third-order valence-corrected chi connectivity index (χ3v) is 4.37. The first kappa shape index (κ1) is 17.8. The van der Waals surface area contributed by atoms with Crippen LogP contribution in [0, 0.1) is 0 Å². The molecule has 0 saturated carbocycles. The van der Waals surface area contributed by atoms with Crippen molar-refractivity contribution < 1.29 is 19.4 Å². The second-order valence-electron chi connectivity index (χ2n) is 6.05. The minimum Gasteiger partial charge on any atom is -0.481 e. The molecule has 26 heavy (non-hydrogen) atoms. The van der Waals surface area contributed by atoms with Gasteiger partial charge in [-0.15, -0.1) is 0 Å². The number of carboxylic acids is 1. The van der Waals surface area contributed by atoms with E-state index in [1.54, 1.807) is 12.1 Å². The fourth-order valence-corrected chi connectivity index (χ4v) is 3.04. The first-order chi connectivity index (χ1) is 12.5. The summed E-state index contributed by atoms with van der Waals surface area (Å²) in [5.41, 5.74) is 1.30. The summed E-state index contributed by atoms with van der Waals surface area (Å²) in [7, 11) is 1.51. The van der Waals surface area contributed by atoms with Crippen LogP contribution in [0.5, 0.6) is 0 Å². The zero-order valence-electron chi connectivity index (χ0n) is 14.3. The third kappa shape index (κ3) is 3.50. The van der Waals surface area contributed by atoms with Crippen LogP contribution < -0.4 is 5.56 Å². The van der Waals surface area contributed by atoms with Crippen molar-refractivity contribution in [3.8, 4) is 0 Å². The number of nitrogens with zero attached hydrogens (tertiary/aromatic N) is 3. The van der Waals surface area contributed by atoms with Crippen LogP contribution in [-0.4, -0.2) is 51.9 Å². The van der Waals surface area contributed by atoms with E-state index in [1.165, 1.54) is 28.8 Å². The Morgan fingerprint density at radius 1 is 1.27 bits per heavy atom. The molecule has 1 atom stereocenters. The fourth-order valence-electron chi connectivity index (χ4n) is 3.04. The molecule has 1 unspecified atom stereocenters. The molecule has 1 aliphatic rings.